The van der Waals surface area contributed by atoms with E-state index in [4.69, 9.17) is 0 Å². The summed E-state index contributed by atoms with van der Waals surface area (Å²) in [5.41, 5.74) is 0.483. The number of anilines is 1. The minimum Gasteiger partial charge on any atom is -0.329 e. The maximum Gasteiger partial charge on any atom is 0.211 e. The third-order valence-electron chi connectivity index (χ3n) is 1.69. The molecule has 1 aromatic carbocycles. The van der Waals surface area contributed by atoms with Crippen molar-refractivity contribution in [2.45, 2.75) is 31.2 Å². The molecular weight excluding hydrogens is 224 g/mol. The highest BCUT2D eigenvalue weighted by Gasteiger charge is 2.14. The lowest BCUT2D eigenvalue weighted by Crippen LogP contribution is -2.37. The quantitative estimate of drug-likeness (QED) is 0.786. The largest absolute Gasteiger partial charge is 0.329 e. The van der Waals surface area contributed by atoms with Crippen LogP contribution in [-0.2, 0) is 15.8 Å². The van der Waals surface area contributed by atoms with Gasteiger partial charge in [-0.1, -0.05) is 0 Å². The third kappa shape index (κ3) is 4.12. The van der Waals surface area contributed by atoms with E-state index in [9.17, 15) is 9.00 Å². The number of benzene rings is 1. The molecule has 0 saturated heterocycles. The molecule has 4 nitrogen and oxygen atoms in total. The average Bonchev–Trinajstić information content (AvgIpc) is 2.16. The smallest absolute Gasteiger partial charge is 0.211 e. The number of hydrogen-bond donors (Lipinski definition) is 2. The standard InChI is InChI=1S/C11H16N2O2S/c1-11(2,3)13-16(15)10-6-4-9(5-7-10)12-8-14/h4-8,13H,1-3H3,(H,12,14). The van der Waals surface area contributed by atoms with Gasteiger partial charge in [0.1, 0.15) is 11.0 Å². The lowest BCUT2D eigenvalue weighted by atomic mass is 10.1. The van der Waals surface area contributed by atoms with E-state index >= 15 is 0 Å². The molecule has 16 heavy (non-hydrogen) atoms. The zero-order valence-electron chi connectivity index (χ0n) is 9.61. The van der Waals surface area contributed by atoms with E-state index in [1.54, 1.807) is 24.3 Å². The molecule has 0 aliphatic carbocycles. The Labute approximate surface area is 98.0 Å². The lowest BCUT2D eigenvalue weighted by Gasteiger charge is -2.19. The van der Waals surface area contributed by atoms with E-state index in [0.717, 1.165) is 0 Å². The molecule has 0 bridgehead atoms. The summed E-state index contributed by atoms with van der Waals surface area (Å²) in [5.74, 6) is 0. The number of rotatable bonds is 4. The lowest BCUT2D eigenvalue weighted by molar-refractivity contribution is -0.105. The Hall–Kier alpha value is -1.20. The number of nitrogens with one attached hydrogen (secondary N) is 2. The number of hydrogen-bond acceptors (Lipinski definition) is 2. The van der Waals surface area contributed by atoms with Gasteiger partial charge < -0.3 is 5.32 Å². The zero-order valence-corrected chi connectivity index (χ0v) is 10.4. The highest BCUT2D eigenvalue weighted by atomic mass is 32.2. The normalized spacial score (nSPS) is 13.2. The molecule has 1 unspecified atom stereocenters. The van der Waals surface area contributed by atoms with Crippen LogP contribution in [0.4, 0.5) is 5.69 Å². The van der Waals surface area contributed by atoms with Gasteiger partial charge in [0, 0.05) is 11.2 Å². The maximum atomic E-state index is 11.8. The first kappa shape index (κ1) is 12.9. The maximum absolute atomic E-state index is 11.8. The van der Waals surface area contributed by atoms with Crippen LogP contribution in [0.3, 0.4) is 0 Å². The van der Waals surface area contributed by atoms with Gasteiger partial charge in [0.05, 0.1) is 4.90 Å². The van der Waals surface area contributed by atoms with Crippen LogP contribution < -0.4 is 10.0 Å². The van der Waals surface area contributed by atoms with Gasteiger partial charge in [0.2, 0.25) is 6.41 Å². The van der Waals surface area contributed by atoms with Crippen molar-refractivity contribution in [3.8, 4) is 0 Å². The molecule has 2 N–H and O–H groups in total. The second-order valence-corrected chi connectivity index (χ2v) is 5.62. The van der Waals surface area contributed by atoms with Crippen molar-refractivity contribution in [1.29, 1.82) is 0 Å². The van der Waals surface area contributed by atoms with Gasteiger partial charge in [-0.15, -0.1) is 0 Å². The first-order chi connectivity index (χ1) is 7.42. The first-order valence-electron chi connectivity index (χ1n) is 4.92. The van der Waals surface area contributed by atoms with Crippen molar-refractivity contribution >= 4 is 23.1 Å². The molecule has 1 atom stereocenters. The van der Waals surface area contributed by atoms with Gasteiger partial charge in [0.25, 0.3) is 0 Å². The van der Waals surface area contributed by atoms with Crippen LogP contribution in [0, 0.1) is 0 Å². The molecule has 0 fully saturated rings. The Morgan fingerprint density at radius 3 is 2.19 bits per heavy atom. The first-order valence-corrected chi connectivity index (χ1v) is 6.07. The van der Waals surface area contributed by atoms with Gasteiger partial charge in [-0.2, -0.15) is 0 Å². The molecule has 1 amide bonds. The van der Waals surface area contributed by atoms with E-state index in [0.29, 0.717) is 17.0 Å². The predicted molar refractivity (Wildman–Crippen MR) is 65.4 cm³/mol. The van der Waals surface area contributed by atoms with Crippen LogP contribution in [0.25, 0.3) is 0 Å². The van der Waals surface area contributed by atoms with Crippen LogP contribution >= 0.6 is 0 Å². The molecule has 5 heteroatoms. The Balaban J connectivity index is 2.74. The Bertz CT molecular complexity index is 382. The summed E-state index contributed by atoms with van der Waals surface area (Å²) in [4.78, 5) is 10.9. The summed E-state index contributed by atoms with van der Waals surface area (Å²) in [6.45, 7) is 5.85. The number of carbonyl (C=O) groups is 1. The summed E-state index contributed by atoms with van der Waals surface area (Å²) in [6.07, 6.45) is 0.610. The molecule has 0 spiro atoms. The highest BCUT2D eigenvalue weighted by Crippen LogP contribution is 2.13. The highest BCUT2D eigenvalue weighted by molar-refractivity contribution is 7.83. The molecule has 1 rings (SSSR count). The average molecular weight is 240 g/mol. The second-order valence-electron chi connectivity index (χ2n) is 4.41. The van der Waals surface area contributed by atoms with Crippen LogP contribution in [0.2, 0.25) is 0 Å². The Morgan fingerprint density at radius 2 is 1.75 bits per heavy atom. The van der Waals surface area contributed by atoms with E-state index in [1.165, 1.54) is 0 Å². The molecule has 88 valence electrons. The van der Waals surface area contributed by atoms with E-state index in [2.05, 4.69) is 10.0 Å². The molecule has 0 radical (unpaired) electrons. The molecule has 0 aliphatic rings. The number of amides is 1. The van der Waals surface area contributed by atoms with E-state index in [-0.39, 0.29) is 5.54 Å². The van der Waals surface area contributed by atoms with Crippen LogP contribution in [0.5, 0.6) is 0 Å². The monoisotopic (exact) mass is 240 g/mol. The van der Waals surface area contributed by atoms with Crippen molar-refractivity contribution in [3.63, 3.8) is 0 Å². The third-order valence-corrected chi connectivity index (χ3v) is 3.19. The molecule has 0 heterocycles. The van der Waals surface area contributed by atoms with Crippen LogP contribution in [-0.4, -0.2) is 16.2 Å². The topological polar surface area (TPSA) is 58.2 Å². The summed E-state index contributed by atoms with van der Waals surface area (Å²) in [5, 5.41) is 2.52. The van der Waals surface area contributed by atoms with Crippen molar-refractivity contribution in [2.75, 3.05) is 5.32 Å². The van der Waals surface area contributed by atoms with Gasteiger partial charge in [-0.25, -0.2) is 8.93 Å². The number of carbonyl (C=O) groups excluding carboxylic acids is 1. The SMILES string of the molecule is CC(C)(C)NS(=O)c1ccc(NC=O)cc1. The summed E-state index contributed by atoms with van der Waals surface area (Å²) >= 11 is 0. The molecule has 1 aromatic rings. The molecule has 0 aromatic heterocycles. The minimum atomic E-state index is -1.23. The fourth-order valence-corrected chi connectivity index (χ4v) is 2.14. The van der Waals surface area contributed by atoms with Gasteiger partial charge in [0.15, 0.2) is 0 Å². The molecule has 0 aliphatic heterocycles. The fraction of sp³-hybridized carbons (Fsp3) is 0.364. The van der Waals surface area contributed by atoms with Gasteiger partial charge >= 0.3 is 0 Å². The fourth-order valence-electron chi connectivity index (χ4n) is 1.08. The van der Waals surface area contributed by atoms with Gasteiger partial charge in [-0.05, 0) is 45.0 Å². The molecule has 0 saturated carbocycles. The summed E-state index contributed by atoms with van der Waals surface area (Å²) in [6, 6.07) is 6.87. The van der Waals surface area contributed by atoms with Crippen molar-refractivity contribution in [2.24, 2.45) is 0 Å². The summed E-state index contributed by atoms with van der Waals surface area (Å²) in [7, 11) is -1.23. The van der Waals surface area contributed by atoms with Crippen molar-refractivity contribution in [1.82, 2.24) is 4.72 Å². The van der Waals surface area contributed by atoms with Crippen LogP contribution in [0.1, 0.15) is 20.8 Å². The van der Waals surface area contributed by atoms with Crippen molar-refractivity contribution in [3.05, 3.63) is 24.3 Å². The minimum absolute atomic E-state index is 0.204. The van der Waals surface area contributed by atoms with Crippen molar-refractivity contribution < 1.29 is 9.00 Å². The Kier molecular flexibility index (Phi) is 4.20. The zero-order chi connectivity index (χ0) is 12.2. The Morgan fingerprint density at radius 1 is 1.19 bits per heavy atom. The van der Waals surface area contributed by atoms with Crippen LogP contribution in [0.15, 0.2) is 29.2 Å². The predicted octanol–water partition coefficient (Wildman–Crippen LogP) is 1.67. The van der Waals surface area contributed by atoms with E-state index in [1.807, 2.05) is 20.8 Å². The van der Waals surface area contributed by atoms with Gasteiger partial charge in [-0.3, -0.25) is 4.79 Å². The van der Waals surface area contributed by atoms with E-state index < -0.39 is 11.0 Å². The second kappa shape index (κ2) is 5.23. The molecular formula is C11H16N2O2S. The summed E-state index contributed by atoms with van der Waals surface area (Å²) < 4.78 is 14.8.